The molecule has 1 amide bonds. The Morgan fingerprint density at radius 2 is 1.52 bits per heavy atom. The Hall–Kier alpha value is -3.55. The van der Waals surface area contributed by atoms with Gasteiger partial charge in [0.1, 0.15) is 5.82 Å². The van der Waals surface area contributed by atoms with Crippen LogP contribution in [0.5, 0.6) is 0 Å². The van der Waals surface area contributed by atoms with Gasteiger partial charge in [-0.3, -0.25) is 14.4 Å². The number of hydrogen-bond acceptors (Lipinski definition) is 6. The van der Waals surface area contributed by atoms with Crippen molar-refractivity contribution in [2.75, 3.05) is 18.5 Å². The van der Waals surface area contributed by atoms with Gasteiger partial charge in [0.25, 0.3) is 5.91 Å². The summed E-state index contributed by atoms with van der Waals surface area (Å²) in [5.74, 6) is -2.47. The fraction of sp³-hybridized carbons (Fsp3) is 0.304. The zero-order valence-corrected chi connectivity index (χ0v) is 17.2. The Kier molecular flexibility index (Phi) is 9.35. The molecule has 31 heavy (non-hydrogen) atoms. The number of esters is 2. The van der Waals surface area contributed by atoms with Crippen LogP contribution in [0.3, 0.4) is 0 Å². The van der Waals surface area contributed by atoms with Crippen molar-refractivity contribution in [3.05, 3.63) is 65.5 Å². The first-order valence-corrected chi connectivity index (χ1v) is 9.90. The van der Waals surface area contributed by atoms with Crippen molar-refractivity contribution >= 4 is 29.3 Å². The number of nitrogens with one attached hydrogen (secondary N) is 1. The molecule has 2 aromatic rings. The quantitative estimate of drug-likeness (QED) is 0.330. The number of anilines is 1. The number of carbonyl (C=O) groups excluding carboxylic acids is 4. The van der Waals surface area contributed by atoms with Crippen LogP contribution in [0.4, 0.5) is 10.1 Å². The fourth-order valence-electron chi connectivity index (χ4n) is 2.49. The number of amides is 1. The lowest BCUT2D eigenvalue weighted by atomic mass is 10.1. The summed E-state index contributed by atoms with van der Waals surface area (Å²) in [6, 6.07) is 11.1. The summed E-state index contributed by atoms with van der Waals surface area (Å²) in [7, 11) is 0. The van der Waals surface area contributed by atoms with Gasteiger partial charge in [0.05, 0.1) is 18.6 Å². The highest BCUT2D eigenvalue weighted by atomic mass is 19.1. The van der Waals surface area contributed by atoms with Crippen LogP contribution in [0.25, 0.3) is 0 Å². The molecule has 0 unspecified atom stereocenters. The summed E-state index contributed by atoms with van der Waals surface area (Å²) in [6.45, 7) is 1.84. The predicted molar refractivity (Wildman–Crippen MR) is 111 cm³/mol. The van der Waals surface area contributed by atoms with Gasteiger partial charge in [0.2, 0.25) is 0 Å². The number of carbonyl (C=O) groups is 4. The smallest absolute Gasteiger partial charge is 0.338 e. The molecule has 0 aromatic heterocycles. The molecule has 0 heterocycles. The summed E-state index contributed by atoms with van der Waals surface area (Å²) in [6.07, 6.45) is 1.41. The Labute approximate surface area is 179 Å². The van der Waals surface area contributed by atoms with Gasteiger partial charge in [-0.15, -0.1) is 0 Å². The van der Waals surface area contributed by atoms with Gasteiger partial charge in [-0.2, -0.15) is 0 Å². The summed E-state index contributed by atoms with van der Waals surface area (Å²) >= 11 is 0. The highest BCUT2D eigenvalue weighted by Gasteiger charge is 2.13. The van der Waals surface area contributed by atoms with Crippen LogP contribution in [-0.4, -0.2) is 36.8 Å². The molecule has 0 saturated heterocycles. The van der Waals surface area contributed by atoms with Crippen molar-refractivity contribution in [1.82, 2.24) is 0 Å². The van der Waals surface area contributed by atoms with Gasteiger partial charge in [-0.1, -0.05) is 13.3 Å². The molecule has 0 atom stereocenters. The maximum atomic E-state index is 12.9. The van der Waals surface area contributed by atoms with Crippen LogP contribution in [0.15, 0.2) is 48.5 Å². The SMILES string of the molecule is CCCCOC(=O)c1ccc(NC(=O)COC(=O)CCC(=O)c2ccc(F)cc2)cc1. The molecule has 0 spiro atoms. The van der Waals surface area contributed by atoms with Crippen molar-refractivity contribution in [3.63, 3.8) is 0 Å². The third-order valence-electron chi connectivity index (χ3n) is 4.22. The summed E-state index contributed by atoms with van der Waals surface area (Å²) in [5.41, 5.74) is 1.09. The van der Waals surface area contributed by atoms with E-state index in [1.807, 2.05) is 6.92 Å². The molecule has 164 valence electrons. The van der Waals surface area contributed by atoms with E-state index in [9.17, 15) is 23.6 Å². The highest BCUT2D eigenvalue weighted by molar-refractivity contribution is 5.98. The van der Waals surface area contributed by atoms with E-state index in [0.29, 0.717) is 23.4 Å². The minimum atomic E-state index is -0.698. The first kappa shape index (κ1) is 23.7. The van der Waals surface area contributed by atoms with E-state index < -0.39 is 30.3 Å². The third kappa shape index (κ3) is 8.38. The van der Waals surface area contributed by atoms with Gasteiger partial charge in [-0.25, -0.2) is 9.18 Å². The van der Waals surface area contributed by atoms with Crippen molar-refractivity contribution in [2.45, 2.75) is 32.6 Å². The van der Waals surface area contributed by atoms with Gasteiger partial charge < -0.3 is 14.8 Å². The van der Waals surface area contributed by atoms with E-state index in [1.165, 1.54) is 36.4 Å². The molecule has 0 bridgehead atoms. The van der Waals surface area contributed by atoms with Crippen LogP contribution in [0.2, 0.25) is 0 Å². The molecule has 1 N–H and O–H groups in total. The molecule has 8 heteroatoms. The average Bonchev–Trinajstić information content (AvgIpc) is 2.77. The second-order valence-electron chi connectivity index (χ2n) is 6.71. The molecule has 0 fully saturated rings. The molecule has 0 aliphatic rings. The lowest BCUT2D eigenvalue weighted by Crippen LogP contribution is -2.21. The standard InChI is InChI=1S/C23H24FNO6/c1-2-3-14-30-23(29)17-6-10-19(11-7-17)25-21(27)15-31-22(28)13-12-20(26)16-4-8-18(24)9-5-16/h4-11H,2-3,12-15H2,1H3,(H,25,27). The molecule has 0 aliphatic heterocycles. The first-order valence-electron chi connectivity index (χ1n) is 9.90. The minimum Gasteiger partial charge on any atom is -0.462 e. The van der Waals surface area contributed by atoms with E-state index in [-0.39, 0.29) is 18.6 Å². The molecule has 7 nitrogen and oxygen atoms in total. The number of benzene rings is 2. The van der Waals surface area contributed by atoms with Crippen LogP contribution in [0, 0.1) is 5.82 Å². The predicted octanol–water partition coefficient (Wildman–Crippen LogP) is 3.93. The zero-order chi connectivity index (χ0) is 22.6. The average molecular weight is 429 g/mol. The van der Waals surface area contributed by atoms with Crippen molar-refractivity contribution < 1.29 is 33.0 Å². The van der Waals surface area contributed by atoms with Crippen molar-refractivity contribution in [1.29, 1.82) is 0 Å². The normalized spacial score (nSPS) is 10.3. The zero-order valence-electron chi connectivity index (χ0n) is 17.2. The number of rotatable bonds is 11. The van der Waals surface area contributed by atoms with E-state index in [0.717, 1.165) is 25.0 Å². The van der Waals surface area contributed by atoms with Gasteiger partial charge in [-0.05, 0) is 55.0 Å². The Bertz CT molecular complexity index is 909. The van der Waals surface area contributed by atoms with E-state index in [2.05, 4.69) is 5.32 Å². The summed E-state index contributed by atoms with van der Waals surface area (Å²) in [4.78, 5) is 47.5. The van der Waals surface area contributed by atoms with E-state index >= 15 is 0 Å². The highest BCUT2D eigenvalue weighted by Crippen LogP contribution is 2.11. The maximum absolute atomic E-state index is 12.9. The van der Waals surface area contributed by atoms with Crippen molar-refractivity contribution in [2.24, 2.45) is 0 Å². The van der Waals surface area contributed by atoms with E-state index in [1.54, 1.807) is 0 Å². The molecule has 2 rings (SSSR count). The largest absolute Gasteiger partial charge is 0.462 e. The van der Waals surface area contributed by atoms with Crippen LogP contribution < -0.4 is 5.32 Å². The number of ether oxygens (including phenoxy) is 2. The second-order valence-corrected chi connectivity index (χ2v) is 6.71. The molecule has 2 aromatic carbocycles. The number of ketones is 1. The van der Waals surface area contributed by atoms with Gasteiger partial charge in [0.15, 0.2) is 12.4 Å². The van der Waals surface area contributed by atoms with Gasteiger partial charge >= 0.3 is 11.9 Å². The molecule has 0 aliphatic carbocycles. The van der Waals surface area contributed by atoms with Crippen LogP contribution in [0.1, 0.15) is 53.3 Å². The lowest BCUT2D eigenvalue weighted by molar-refractivity contribution is -0.147. The molecular weight excluding hydrogens is 405 g/mol. The Balaban J connectivity index is 1.71. The van der Waals surface area contributed by atoms with Crippen LogP contribution >= 0.6 is 0 Å². The van der Waals surface area contributed by atoms with Gasteiger partial charge in [0, 0.05) is 17.7 Å². The minimum absolute atomic E-state index is 0.109. The third-order valence-corrected chi connectivity index (χ3v) is 4.22. The Morgan fingerprint density at radius 3 is 2.16 bits per heavy atom. The Morgan fingerprint density at radius 1 is 0.871 bits per heavy atom. The number of unbranched alkanes of at least 4 members (excludes halogenated alkanes) is 1. The summed E-state index contributed by atoms with van der Waals surface area (Å²) < 4.78 is 22.8. The second kappa shape index (κ2) is 12.2. The lowest BCUT2D eigenvalue weighted by Gasteiger charge is -2.08. The van der Waals surface area contributed by atoms with E-state index in [4.69, 9.17) is 9.47 Å². The topological polar surface area (TPSA) is 98.8 Å². The number of halogens is 1. The molecular formula is C23H24FNO6. The monoisotopic (exact) mass is 429 g/mol. The molecule has 0 saturated carbocycles. The molecule has 0 radical (unpaired) electrons. The first-order chi connectivity index (χ1) is 14.9. The number of Topliss-reactive ketones (excluding diaryl/α,β-unsaturated/α-hetero) is 1. The summed E-state index contributed by atoms with van der Waals surface area (Å²) in [5, 5.41) is 2.54. The maximum Gasteiger partial charge on any atom is 0.338 e. The number of hydrogen-bond donors (Lipinski definition) is 1. The van der Waals surface area contributed by atoms with Crippen LogP contribution in [-0.2, 0) is 19.1 Å². The fourth-order valence-corrected chi connectivity index (χ4v) is 2.49. The van der Waals surface area contributed by atoms with Crippen molar-refractivity contribution in [3.8, 4) is 0 Å².